The first kappa shape index (κ1) is 23.3. The number of esters is 1. The highest BCUT2D eigenvalue weighted by molar-refractivity contribution is 6.07. The van der Waals surface area contributed by atoms with Crippen LogP contribution in [0.25, 0.3) is 22.2 Å². The maximum Gasteiger partial charge on any atom is 0.338 e. The molecular formula is C27H27F2N3O3. The van der Waals surface area contributed by atoms with Gasteiger partial charge in [-0.15, -0.1) is 0 Å². The van der Waals surface area contributed by atoms with Gasteiger partial charge in [0.2, 0.25) is 5.92 Å². The summed E-state index contributed by atoms with van der Waals surface area (Å²) in [6.07, 6.45) is 4.30. The van der Waals surface area contributed by atoms with Crippen molar-refractivity contribution >= 4 is 28.5 Å². The Morgan fingerprint density at radius 1 is 1.23 bits per heavy atom. The molecule has 3 aromatic rings. The molecule has 1 saturated carbocycles. The van der Waals surface area contributed by atoms with Crippen molar-refractivity contribution in [3.63, 3.8) is 0 Å². The number of carbonyl (C=O) groups is 2. The zero-order chi connectivity index (χ0) is 24.9. The summed E-state index contributed by atoms with van der Waals surface area (Å²) in [5, 5.41) is 8.08. The number of halogens is 2. The minimum absolute atomic E-state index is 0.106. The number of benzene rings is 1. The first-order chi connectivity index (χ1) is 16.6. The molecule has 1 aromatic carbocycles. The summed E-state index contributed by atoms with van der Waals surface area (Å²) in [4.78, 5) is 28.8. The van der Waals surface area contributed by atoms with Gasteiger partial charge >= 0.3 is 5.97 Å². The summed E-state index contributed by atoms with van der Waals surface area (Å²) < 4.78 is 34.6. The lowest BCUT2D eigenvalue weighted by molar-refractivity contribution is -0.117. The number of alkyl halides is 2. The monoisotopic (exact) mass is 479 g/mol. The van der Waals surface area contributed by atoms with Crippen molar-refractivity contribution in [2.24, 2.45) is 5.92 Å². The fraction of sp³-hybridized carbons (Fsp3) is 0.407. The Hall–Kier alpha value is -3.42. The summed E-state index contributed by atoms with van der Waals surface area (Å²) in [6, 6.07) is 7.44. The van der Waals surface area contributed by atoms with E-state index in [1.54, 1.807) is 19.2 Å². The third-order valence-electron chi connectivity index (χ3n) is 7.20. The van der Waals surface area contributed by atoms with Crippen LogP contribution in [0.3, 0.4) is 0 Å². The van der Waals surface area contributed by atoms with Gasteiger partial charge in [-0.25, -0.2) is 13.6 Å². The number of rotatable bonds is 6. The molecule has 3 heterocycles. The normalized spacial score (nSPS) is 18.3. The molecule has 0 saturated heterocycles. The van der Waals surface area contributed by atoms with Gasteiger partial charge in [0.1, 0.15) is 12.4 Å². The molecule has 1 unspecified atom stereocenters. The van der Waals surface area contributed by atoms with Crippen LogP contribution in [0, 0.1) is 11.3 Å². The number of ether oxygens (including phenoxy) is 1. The van der Waals surface area contributed by atoms with Crippen LogP contribution in [-0.4, -0.2) is 32.9 Å². The standard InChI is InChI=1S/C27H27F2N3O3/c1-15(30)24(16(2)33)19-10-23-25(31-11-19)22(18-3-4-21-20(9-18)14-35-26(21)34)13-32(23)12-17-5-7-27(28,29)8-6-17/h3-4,9-11,13,17,24,30H,5-8,12,14H2,1-2H3. The van der Waals surface area contributed by atoms with Gasteiger partial charge in [-0.2, -0.15) is 0 Å². The number of aromatic nitrogens is 2. The molecule has 2 aliphatic rings. The van der Waals surface area contributed by atoms with Crippen molar-refractivity contribution in [1.82, 2.24) is 9.55 Å². The molecule has 0 radical (unpaired) electrons. The number of nitrogens with zero attached hydrogens (tertiary/aromatic N) is 2. The van der Waals surface area contributed by atoms with E-state index in [2.05, 4.69) is 0 Å². The number of Topliss-reactive ketones (excluding diaryl/α,β-unsaturated/α-hetero) is 1. The molecule has 1 fully saturated rings. The van der Waals surface area contributed by atoms with E-state index in [1.165, 1.54) is 6.92 Å². The second-order valence-electron chi connectivity index (χ2n) is 9.81. The molecule has 0 amide bonds. The first-order valence-corrected chi connectivity index (χ1v) is 11.9. The highest BCUT2D eigenvalue weighted by Gasteiger charge is 2.35. The van der Waals surface area contributed by atoms with Gasteiger partial charge in [0.05, 0.1) is 22.5 Å². The second kappa shape index (κ2) is 8.66. The van der Waals surface area contributed by atoms with Crippen LogP contribution >= 0.6 is 0 Å². The molecule has 1 atom stereocenters. The van der Waals surface area contributed by atoms with E-state index in [0.717, 1.165) is 27.7 Å². The Labute approximate surface area is 201 Å². The maximum absolute atomic E-state index is 13.7. The molecule has 1 N–H and O–H groups in total. The molecule has 5 rings (SSSR count). The summed E-state index contributed by atoms with van der Waals surface area (Å²) in [6.45, 7) is 3.87. The number of fused-ring (bicyclic) bond motifs is 2. The first-order valence-electron chi connectivity index (χ1n) is 11.9. The number of carbonyl (C=O) groups excluding carboxylic acids is 2. The Morgan fingerprint density at radius 3 is 2.66 bits per heavy atom. The molecule has 8 heteroatoms. The highest BCUT2D eigenvalue weighted by atomic mass is 19.3. The van der Waals surface area contributed by atoms with Gasteiger partial charge in [-0.05, 0) is 61.9 Å². The van der Waals surface area contributed by atoms with Crippen LogP contribution in [0.2, 0.25) is 0 Å². The lowest BCUT2D eigenvalue weighted by Crippen LogP contribution is -2.26. The van der Waals surface area contributed by atoms with Gasteiger partial charge in [0, 0.05) is 48.6 Å². The summed E-state index contributed by atoms with van der Waals surface area (Å²) in [5.41, 5.74) is 5.53. The summed E-state index contributed by atoms with van der Waals surface area (Å²) >= 11 is 0. The number of hydrogen-bond donors (Lipinski definition) is 1. The van der Waals surface area contributed by atoms with E-state index in [4.69, 9.17) is 15.1 Å². The average molecular weight is 480 g/mol. The maximum atomic E-state index is 13.7. The fourth-order valence-corrected chi connectivity index (χ4v) is 5.35. The van der Waals surface area contributed by atoms with Gasteiger partial charge < -0.3 is 14.7 Å². The lowest BCUT2D eigenvalue weighted by Gasteiger charge is -2.28. The van der Waals surface area contributed by atoms with E-state index in [0.29, 0.717) is 30.5 Å². The van der Waals surface area contributed by atoms with Crippen LogP contribution in [0.1, 0.15) is 66.9 Å². The second-order valence-corrected chi connectivity index (χ2v) is 9.81. The van der Waals surface area contributed by atoms with Crippen molar-refractivity contribution in [3.8, 4) is 11.1 Å². The number of cyclic esters (lactones) is 1. The van der Waals surface area contributed by atoms with E-state index in [-0.39, 0.29) is 42.8 Å². The molecule has 35 heavy (non-hydrogen) atoms. The van der Waals surface area contributed by atoms with Crippen molar-refractivity contribution in [3.05, 3.63) is 53.3 Å². The predicted molar refractivity (Wildman–Crippen MR) is 128 cm³/mol. The van der Waals surface area contributed by atoms with Gasteiger partial charge in [0.25, 0.3) is 0 Å². The molecule has 0 spiro atoms. The summed E-state index contributed by atoms with van der Waals surface area (Å²) in [7, 11) is 0. The quantitative estimate of drug-likeness (QED) is 0.352. The number of ketones is 1. The Morgan fingerprint density at radius 2 is 1.97 bits per heavy atom. The van der Waals surface area contributed by atoms with Crippen LogP contribution in [0.4, 0.5) is 8.78 Å². The highest BCUT2D eigenvalue weighted by Crippen LogP contribution is 2.39. The lowest BCUT2D eigenvalue weighted by atomic mass is 9.86. The van der Waals surface area contributed by atoms with E-state index in [1.807, 2.05) is 29.0 Å². The SMILES string of the molecule is CC(=N)C(C(C)=O)c1cnc2c(-c3ccc4c(c3)COC4=O)cn(CC3CCC(F)(F)CC3)c2c1. The number of pyridine rings is 1. The zero-order valence-electron chi connectivity index (χ0n) is 19.7. The van der Waals surface area contributed by atoms with E-state index < -0.39 is 11.8 Å². The number of hydrogen-bond acceptors (Lipinski definition) is 5. The zero-order valence-corrected chi connectivity index (χ0v) is 19.7. The van der Waals surface area contributed by atoms with Gasteiger partial charge in [0.15, 0.2) is 0 Å². The third-order valence-corrected chi connectivity index (χ3v) is 7.20. The predicted octanol–water partition coefficient (Wildman–Crippen LogP) is 5.91. The third kappa shape index (κ3) is 4.37. The fourth-order valence-electron chi connectivity index (χ4n) is 5.35. The molecule has 6 nitrogen and oxygen atoms in total. The smallest absolute Gasteiger partial charge is 0.338 e. The minimum Gasteiger partial charge on any atom is -0.457 e. The Bertz CT molecular complexity index is 1340. The van der Waals surface area contributed by atoms with E-state index in [9.17, 15) is 18.4 Å². The van der Waals surface area contributed by atoms with Crippen molar-refractivity contribution < 1.29 is 23.1 Å². The van der Waals surface area contributed by atoms with Gasteiger partial charge in [-0.1, -0.05) is 6.07 Å². The van der Waals surface area contributed by atoms with Crippen molar-refractivity contribution in [2.75, 3.05) is 0 Å². The van der Waals surface area contributed by atoms with Crippen molar-refractivity contribution in [2.45, 2.75) is 64.5 Å². The molecular weight excluding hydrogens is 452 g/mol. The largest absolute Gasteiger partial charge is 0.457 e. The minimum atomic E-state index is -2.59. The summed E-state index contributed by atoms with van der Waals surface area (Å²) in [5.74, 6) is -3.61. The molecule has 0 bridgehead atoms. The van der Waals surface area contributed by atoms with Crippen LogP contribution < -0.4 is 0 Å². The Balaban J connectivity index is 1.59. The van der Waals surface area contributed by atoms with Crippen molar-refractivity contribution in [1.29, 1.82) is 5.41 Å². The topological polar surface area (TPSA) is 85.0 Å². The van der Waals surface area contributed by atoms with Crippen LogP contribution in [0.15, 0.2) is 36.7 Å². The number of nitrogens with one attached hydrogen (secondary N) is 1. The Kier molecular flexibility index (Phi) is 5.77. The molecule has 1 aliphatic carbocycles. The average Bonchev–Trinajstić information content (AvgIpc) is 3.35. The molecule has 2 aromatic heterocycles. The van der Waals surface area contributed by atoms with Gasteiger partial charge in [-0.3, -0.25) is 9.78 Å². The van der Waals surface area contributed by atoms with Crippen LogP contribution in [-0.2, 0) is 22.7 Å². The van der Waals surface area contributed by atoms with E-state index >= 15 is 0 Å². The molecule has 1 aliphatic heterocycles. The molecule has 182 valence electrons. The van der Waals surface area contributed by atoms with Crippen LogP contribution in [0.5, 0.6) is 0 Å².